The number of nitrogens with zero attached hydrogens (tertiary/aromatic N) is 1. The minimum Gasteiger partial charge on any atom is -0.392 e. The summed E-state index contributed by atoms with van der Waals surface area (Å²) in [5.74, 6) is 0. The quantitative estimate of drug-likeness (QED) is 0.753. The van der Waals surface area contributed by atoms with Crippen molar-refractivity contribution in [2.24, 2.45) is 0 Å². The van der Waals surface area contributed by atoms with E-state index in [0.29, 0.717) is 12.1 Å². The number of hydrogen-bond acceptors (Lipinski definition) is 3. The summed E-state index contributed by atoms with van der Waals surface area (Å²) < 4.78 is 0. The van der Waals surface area contributed by atoms with Gasteiger partial charge < -0.3 is 10.4 Å². The van der Waals surface area contributed by atoms with E-state index in [1.165, 1.54) is 45.1 Å². The van der Waals surface area contributed by atoms with Gasteiger partial charge in [-0.05, 0) is 39.0 Å². The van der Waals surface area contributed by atoms with Crippen molar-refractivity contribution in [1.82, 2.24) is 10.2 Å². The predicted molar refractivity (Wildman–Crippen MR) is 73.6 cm³/mol. The second-order valence-electron chi connectivity index (χ2n) is 6.69. The summed E-state index contributed by atoms with van der Waals surface area (Å²) in [7, 11) is 0. The van der Waals surface area contributed by atoms with E-state index in [9.17, 15) is 5.11 Å². The van der Waals surface area contributed by atoms with E-state index >= 15 is 0 Å². The fourth-order valence-corrected chi connectivity index (χ4v) is 3.88. The topological polar surface area (TPSA) is 35.5 Å². The summed E-state index contributed by atoms with van der Waals surface area (Å²) in [6.45, 7) is 3.57. The van der Waals surface area contributed by atoms with Gasteiger partial charge in [0.25, 0.3) is 0 Å². The maximum Gasteiger partial charge on any atom is 0.0693 e. The maximum atomic E-state index is 10.2. The zero-order valence-electron chi connectivity index (χ0n) is 11.6. The van der Waals surface area contributed by atoms with E-state index in [0.717, 1.165) is 24.9 Å². The largest absolute Gasteiger partial charge is 0.392 e. The second kappa shape index (κ2) is 5.48. The lowest BCUT2D eigenvalue weighted by Crippen LogP contribution is -2.46. The van der Waals surface area contributed by atoms with Crippen molar-refractivity contribution in [1.29, 1.82) is 0 Å². The first kappa shape index (κ1) is 12.9. The highest BCUT2D eigenvalue weighted by molar-refractivity contribution is 4.97. The Bertz CT molecular complexity index is 280. The molecule has 2 aliphatic carbocycles. The molecule has 0 radical (unpaired) electrons. The number of likely N-dealkylation sites (tertiary alicyclic amines) is 1. The van der Waals surface area contributed by atoms with E-state index in [-0.39, 0.29) is 6.10 Å². The van der Waals surface area contributed by atoms with Crippen LogP contribution in [0.2, 0.25) is 0 Å². The molecule has 3 aliphatic rings. The molecule has 0 aromatic carbocycles. The van der Waals surface area contributed by atoms with Gasteiger partial charge in [0.1, 0.15) is 0 Å². The standard InChI is InChI=1S/C15H28N2O/c1-11-9-12(10-17(11)13-7-8-13)16-14-5-3-2-4-6-15(14)18/h11-16,18H,2-10H2,1H3. The van der Waals surface area contributed by atoms with E-state index in [4.69, 9.17) is 0 Å². The SMILES string of the molecule is CC1CC(NC2CCCCCC2O)CN1C1CC1. The molecule has 3 nitrogen and oxygen atoms in total. The minimum atomic E-state index is -0.113. The predicted octanol–water partition coefficient (Wildman–Crippen LogP) is 1.89. The number of aliphatic hydroxyl groups is 1. The first-order valence-electron chi connectivity index (χ1n) is 7.94. The van der Waals surface area contributed by atoms with Gasteiger partial charge in [-0.1, -0.05) is 19.3 Å². The van der Waals surface area contributed by atoms with E-state index in [2.05, 4.69) is 17.1 Å². The van der Waals surface area contributed by atoms with Gasteiger partial charge in [0.2, 0.25) is 0 Å². The molecule has 4 unspecified atom stereocenters. The molecule has 1 heterocycles. The molecule has 4 atom stereocenters. The monoisotopic (exact) mass is 252 g/mol. The maximum absolute atomic E-state index is 10.2. The average Bonchev–Trinajstić information content (AvgIpc) is 3.13. The zero-order valence-corrected chi connectivity index (χ0v) is 11.6. The average molecular weight is 252 g/mol. The fraction of sp³-hybridized carbons (Fsp3) is 1.00. The van der Waals surface area contributed by atoms with Gasteiger partial charge in [0, 0.05) is 30.7 Å². The van der Waals surface area contributed by atoms with E-state index in [1.54, 1.807) is 0 Å². The van der Waals surface area contributed by atoms with Gasteiger partial charge >= 0.3 is 0 Å². The molecule has 3 rings (SSSR count). The molecule has 0 amide bonds. The van der Waals surface area contributed by atoms with Gasteiger partial charge in [-0.2, -0.15) is 0 Å². The van der Waals surface area contributed by atoms with Crippen LogP contribution < -0.4 is 5.32 Å². The third kappa shape index (κ3) is 2.89. The number of hydrogen-bond donors (Lipinski definition) is 2. The Hall–Kier alpha value is -0.120. The Morgan fingerprint density at radius 2 is 1.83 bits per heavy atom. The van der Waals surface area contributed by atoms with Crippen LogP contribution in [0.4, 0.5) is 0 Å². The Morgan fingerprint density at radius 3 is 2.61 bits per heavy atom. The normalized spacial score (nSPS) is 43.0. The van der Waals surface area contributed by atoms with Crippen LogP contribution >= 0.6 is 0 Å². The van der Waals surface area contributed by atoms with Crippen molar-refractivity contribution in [2.45, 2.75) is 88.6 Å². The van der Waals surface area contributed by atoms with Crippen molar-refractivity contribution in [3.05, 3.63) is 0 Å². The van der Waals surface area contributed by atoms with Crippen molar-refractivity contribution in [2.75, 3.05) is 6.54 Å². The Balaban J connectivity index is 1.52. The van der Waals surface area contributed by atoms with Crippen LogP contribution in [0.1, 0.15) is 58.3 Å². The summed E-state index contributed by atoms with van der Waals surface area (Å²) in [6, 6.07) is 2.57. The molecule has 18 heavy (non-hydrogen) atoms. The van der Waals surface area contributed by atoms with Gasteiger partial charge in [-0.25, -0.2) is 0 Å². The van der Waals surface area contributed by atoms with E-state index in [1.807, 2.05) is 0 Å². The van der Waals surface area contributed by atoms with Gasteiger partial charge in [-0.15, -0.1) is 0 Å². The van der Waals surface area contributed by atoms with Crippen molar-refractivity contribution in [3.63, 3.8) is 0 Å². The van der Waals surface area contributed by atoms with Crippen LogP contribution in [-0.4, -0.2) is 46.8 Å². The Kier molecular flexibility index (Phi) is 3.92. The summed E-state index contributed by atoms with van der Waals surface area (Å²) in [4.78, 5) is 2.68. The van der Waals surface area contributed by atoms with Crippen LogP contribution in [0.25, 0.3) is 0 Å². The lowest BCUT2D eigenvalue weighted by atomic mass is 10.0. The van der Waals surface area contributed by atoms with Crippen molar-refractivity contribution in [3.8, 4) is 0 Å². The molecule has 3 fully saturated rings. The number of rotatable bonds is 3. The molecule has 0 spiro atoms. The first-order valence-corrected chi connectivity index (χ1v) is 7.94. The molecule has 0 aromatic heterocycles. The molecular formula is C15H28N2O. The summed E-state index contributed by atoms with van der Waals surface area (Å²) in [6.07, 6.45) is 9.90. The van der Waals surface area contributed by atoms with Crippen LogP contribution in [-0.2, 0) is 0 Å². The second-order valence-corrected chi connectivity index (χ2v) is 6.69. The molecule has 2 saturated carbocycles. The van der Waals surface area contributed by atoms with Crippen LogP contribution in [0, 0.1) is 0 Å². The van der Waals surface area contributed by atoms with E-state index < -0.39 is 0 Å². The van der Waals surface area contributed by atoms with Crippen LogP contribution in [0.5, 0.6) is 0 Å². The molecule has 0 aromatic rings. The summed E-state index contributed by atoms with van der Waals surface area (Å²) in [5.41, 5.74) is 0. The van der Waals surface area contributed by atoms with Crippen LogP contribution in [0.3, 0.4) is 0 Å². The molecule has 1 aliphatic heterocycles. The summed E-state index contributed by atoms with van der Waals surface area (Å²) in [5, 5.41) is 13.9. The molecular weight excluding hydrogens is 224 g/mol. The smallest absolute Gasteiger partial charge is 0.0693 e. The first-order chi connectivity index (χ1) is 8.74. The highest BCUT2D eigenvalue weighted by Gasteiger charge is 2.39. The Morgan fingerprint density at radius 1 is 1.06 bits per heavy atom. The summed E-state index contributed by atoms with van der Waals surface area (Å²) >= 11 is 0. The number of aliphatic hydroxyl groups excluding tert-OH is 1. The zero-order chi connectivity index (χ0) is 12.5. The molecule has 0 bridgehead atoms. The highest BCUT2D eigenvalue weighted by Crippen LogP contribution is 2.33. The molecule has 2 N–H and O–H groups in total. The lowest BCUT2D eigenvalue weighted by Gasteiger charge is -2.26. The number of nitrogens with one attached hydrogen (secondary N) is 1. The van der Waals surface area contributed by atoms with Crippen LogP contribution in [0.15, 0.2) is 0 Å². The van der Waals surface area contributed by atoms with Gasteiger partial charge in [-0.3, -0.25) is 4.90 Å². The molecule has 3 heteroatoms. The lowest BCUT2D eigenvalue weighted by molar-refractivity contribution is 0.113. The third-order valence-corrected chi connectivity index (χ3v) is 5.07. The fourth-order valence-electron chi connectivity index (χ4n) is 3.88. The van der Waals surface area contributed by atoms with Crippen molar-refractivity contribution < 1.29 is 5.11 Å². The Labute approximate surface area is 111 Å². The third-order valence-electron chi connectivity index (χ3n) is 5.07. The highest BCUT2D eigenvalue weighted by atomic mass is 16.3. The van der Waals surface area contributed by atoms with Gasteiger partial charge in [0.05, 0.1) is 6.10 Å². The molecule has 104 valence electrons. The van der Waals surface area contributed by atoms with Gasteiger partial charge in [0.15, 0.2) is 0 Å². The molecule has 1 saturated heterocycles. The minimum absolute atomic E-state index is 0.113. The van der Waals surface area contributed by atoms with Crippen molar-refractivity contribution >= 4 is 0 Å².